The molecule has 3 aliphatic carbocycles. The molecule has 118 valence electrons. The largest absolute Gasteiger partial charge is 0.393 e. The van der Waals surface area contributed by atoms with Crippen molar-refractivity contribution in [2.75, 3.05) is 0 Å². The Morgan fingerprint density at radius 3 is 2.57 bits per heavy atom. The van der Waals surface area contributed by atoms with Crippen molar-refractivity contribution >= 4 is 0 Å². The van der Waals surface area contributed by atoms with Crippen molar-refractivity contribution in [2.45, 2.75) is 101 Å². The molecule has 2 aliphatic heterocycles. The maximum absolute atomic E-state index is 10.2. The third kappa shape index (κ3) is 1.90. The SMILES string of the molecule is OC1CCC2C(C1)C1CCCC3OC4CCCCC4N2C31. The van der Waals surface area contributed by atoms with E-state index in [4.69, 9.17) is 4.74 Å². The smallest absolute Gasteiger partial charge is 0.0737 e. The summed E-state index contributed by atoms with van der Waals surface area (Å²) in [4.78, 5) is 2.96. The van der Waals surface area contributed by atoms with E-state index in [1.54, 1.807) is 0 Å². The standard InChI is InChI=1S/C18H29NO2/c20-11-8-9-14-13(10-11)12-4-3-7-17-18(12)19(14)15-5-1-2-6-16(15)21-17/h11-18,20H,1-10H2. The lowest BCUT2D eigenvalue weighted by molar-refractivity contribution is -0.177. The van der Waals surface area contributed by atoms with Crippen LogP contribution in [-0.2, 0) is 4.74 Å². The molecule has 0 spiro atoms. The summed E-state index contributed by atoms with van der Waals surface area (Å²) in [6.45, 7) is 0. The average Bonchev–Trinajstić information content (AvgIpc) is 2.84. The highest BCUT2D eigenvalue weighted by Crippen LogP contribution is 2.54. The van der Waals surface area contributed by atoms with E-state index in [1.165, 1.54) is 51.4 Å². The summed E-state index contributed by atoms with van der Waals surface area (Å²) >= 11 is 0. The van der Waals surface area contributed by atoms with Crippen molar-refractivity contribution in [3.8, 4) is 0 Å². The molecule has 5 rings (SSSR count). The molecule has 8 atom stereocenters. The molecule has 3 heteroatoms. The van der Waals surface area contributed by atoms with Gasteiger partial charge in [-0.1, -0.05) is 19.3 Å². The maximum Gasteiger partial charge on any atom is 0.0737 e. The van der Waals surface area contributed by atoms with Gasteiger partial charge in [-0.2, -0.15) is 0 Å². The van der Waals surface area contributed by atoms with Gasteiger partial charge >= 0.3 is 0 Å². The quantitative estimate of drug-likeness (QED) is 0.745. The van der Waals surface area contributed by atoms with Crippen LogP contribution in [0.15, 0.2) is 0 Å². The number of ether oxygens (including phenoxy) is 1. The summed E-state index contributed by atoms with van der Waals surface area (Å²) in [5, 5.41) is 10.2. The van der Waals surface area contributed by atoms with Gasteiger partial charge < -0.3 is 9.84 Å². The van der Waals surface area contributed by atoms with Gasteiger partial charge in [-0.3, -0.25) is 4.90 Å². The van der Waals surface area contributed by atoms with Gasteiger partial charge in [-0.15, -0.1) is 0 Å². The third-order valence-electron chi connectivity index (χ3n) is 7.36. The fourth-order valence-electron chi connectivity index (χ4n) is 6.69. The molecule has 0 aromatic rings. The van der Waals surface area contributed by atoms with Gasteiger partial charge in [-0.25, -0.2) is 0 Å². The van der Waals surface area contributed by atoms with Crippen LogP contribution >= 0.6 is 0 Å². The van der Waals surface area contributed by atoms with Crippen molar-refractivity contribution in [2.24, 2.45) is 11.8 Å². The molecule has 0 radical (unpaired) electrons. The van der Waals surface area contributed by atoms with Gasteiger partial charge in [0, 0.05) is 18.1 Å². The highest BCUT2D eigenvalue weighted by atomic mass is 16.5. The van der Waals surface area contributed by atoms with E-state index in [0.717, 1.165) is 30.7 Å². The van der Waals surface area contributed by atoms with E-state index in [2.05, 4.69) is 4.90 Å². The second-order valence-corrected chi connectivity index (χ2v) is 8.30. The fourth-order valence-corrected chi connectivity index (χ4v) is 6.69. The monoisotopic (exact) mass is 291 g/mol. The van der Waals surface area contributed by atoms with E-state index in [0.29, 0.717) is 24.3 Å². The molecule has 5 fully saturated rings. The van der Waals surface area contributed by atoms with Gasteiger partial charge in [0.1, 0.15) is 0 Å². The molecular formula is C18H29NO2. The van der Waals surface area contributed by atoms with Crippen LogP contribution in [0.5, 0.6) is 0 Å². The van der Waals surface area contributed by atoms with Crippen LogP contribution in [0.3, 0.4) is 0 Å². The number of nitrogens with zero attached hydrogens (tertiary/aromatic N) is 1. The Labute approximate surface area is 128 Å². The molecule has 1 N–H and O–H groups in total. The van der Waals surface area contributed by atoms with Crippen LogP contribution in [-0.4, -0.2) is 46.4 Å². The van der Waals surface area contributed by atoms with Crippen molar-refractivity contribution in [1.29, 1.82) is 0 Å². The second-order valence-electron chi connectivity index (χ2n) is 8.30. The first kappa shape index (κ1) is 13.3. The summed E-state index contributed by atoms with van der Waals surface area (Å²) in [5.74, 6) is 1.57. The van der Waals surface area contributed by atoms with Crippen LogP contribution in [0, 0.1) is 11.8 Å². The molecule has 2 heterocycles. The first-order valence-electron chi connectivity index (χ1n) is 9.44. The Bertz CT molecular complexity index is 414. The number of hydrogen-bond acceptors (Lipinski definition) is 3. The summed E-state index contributed by atoms with van der Waals surface area (Å²) in [5.41, 5.74) is 0. The van der Waals surface area contributed by atoms with Crippen molar-refractivity contribution < 1.29 is 9.84 Å². The van der Waals surface area contributed by atoms with Crippen LogP contribution in [0.25, 0.3) is 0 Å². The van der Waals surface area contributed by atoms with Gasteiger partial charge in [-0.05, 0) is 56.8 Å². The minimum absolute atomic E-state index is 0.0314. The molecule has 3 saturated carbocycles. The van der Waals surface area contributed by atoms with E-state index >= 15 is 0 Å². The Balaban J connectivity index is 1.51. The van der Waals surface area contributed by atoms with Crippen molar-refractivity contribution in [3.63, 3.8) is 0 Å². The lowest BCUT2D eigenvalue weighted by atomic mass is 9.72. The van der Waals surface area contributed by atoms with Crippen LogP contribution in [0.4, 0.5) is 0 Å². The highest BCUT2D eigenvalue weighted by Gasteiger charge is 2.59. The Hall–Kier alpha value is -0.120. The summed E-state index contributed by atoms with van der Waals surface area (Å²) in [6.07, 6.45) is 13.7. The molecule has 0 bridgehead atoms. The normalized spacial score (nSPS) is 56.4. The number of fused-ring (bicyclic) bond motifs is 5. The second kappa shape index (κ2) is 4.94. The van der Waals surface area contributed by atoms with Crippen molar-refractivity contribution in [3.05, 3.63) is 0 Å². The first-order chi connectivity index (χ1) is 10.3. The van der Waals surface area contributed by atoms with Gasteiger partial charge in [0.05, 0.1) is 18.3 Å². The minimum Gasteiger partial charge on any atom is -0.393 e. The summed E-state index contributed by atoms with van der Waals surface area (Å²) < 4.78 is 6.60. The number of hydrogen-bond donors (Lipinski definition) is 1. The summed E-state index contributed by atoms with van der Waals surface area (Å²) in [6, 6.07) is 2.16. The molecule has 8 unspecified atom stereocenters. The fraction of sp³-hybridized carbons (Fsp3) is 1.00. The highest BCUT2D eigenvalue weighted by molar-refractivity contribution is 5.12. The third-order valence-corrected chi connectivity index (χ3v) is 7.36. The Kier molecular flexibility index (Phi) is 3.14. The molecule has 0 amide bonds. The van der Waals surface area contributed by atoms with Crippen LogP contribution in [0.2, 0.25) is 0 Å². The lowest BCUT2D eigenvalue weighted by Crippen LogP contribution is -2.63. The molecule has 0 aromatic carbocycles. The predicted molar refractivity (Wildman–Crippen MR) is 81.0 cm³/mol. The molecule has 3 nitrogen and oxygen atoms in total. The predicted octanol–water partition coefficient (Wildman–Crippen LogP) is 2.71. The Morgan fingerprint density at radius 2 is 1.62 bits per heavy atom. The van der Waals surface area contributed by atoms with Crippen LogP contribution in [0.1, 0.15) is 64.2 Å². The Morgan fingerprint density at radius 1 is 0.762 bits per heavy atom. The van der Waals surface area contributed by atoms with E-state index in [1.807, 2.05) is 0 Å². The maximum atomic E-state index is 10.2. The first-order valence-corrected chi connectivity index (χ1v) is 9.44. The zero-order valence-corrected chi connectivity index (χ0v) is 13.0. The van der Waals surface area contributed by atoms with Gasteiger partial charge in [0.15, 0.2) is 0 Å². The lowest BCUT2D eigenvalue weighted by Gasteiger charge is -2.53. The number of aliphatic hydroxyl groups is 1. The number of aliphatic hydroxyl groups excluding tert-OH is 1. The van der Waals surface area contributed by atoms with Gasteiger partial charge in [0.2, 0.25) is 0 Å². The van der Waals surface area contributed by atoms with Gasteiger partial charge in [0.25, 0.3) is 0 Å². The number of morpholine rings is 1. The molecule has 5 aliphatic rings. The van der Waals surface area contributed by atoms with Crippen LogP contribution < -0.4 is 0 Å². The zero-order valence-electron chi connectivity index (χ0n) is 13.0. The summed E-state index contributed by atoms with van der Waals surface area (Å²) in [7, 11) is 0. The number of rotatable bonds is 0. The molecule has 2 saturated heterocycles. The minimum atomic E-state index is -0.0314. The molecule has 0 aromatic heterocycles. The van der Waals surface area contributed by atoms with Crippen molar-refractivity contribution in [1.82, 2.24) is 4.90 Å². The van der Waals surface area contributed by atoms with E-state index < -0.39 is 0 Å². The average molecular weight is 291 g/mol. The molecular weight excluding hydrogens is 262 g/mol. The topological polar surface area (TPSA) is 32.7 Å². The molecule has 21 heavy (non-hydrogen) atoms. The van der Waals surface area contributed by atoms with E-state index in [9.17, 15) is 5.11 Å². The zero-order chi connectivity index (χ0) is 14.0. The van der Waals surface area contributed by atoms with E-state index in [-0.39, 0.29) is 6.10 Å².